The number of esters is 1. The number of hydrogen-bond donors (Lipinski definition) is 1. The van der Waals surface area contributed by atoms with Gasteiger partial charge in [-0.2, -0.15) is 0 Å². The summed E-state index contributed by atoms with van der Waals surface area (Å²) in [5, 5.41) is 0. The number of carbonyl (C=O) groups excluding carboxylic acids is 1. The van der Waals surface area contributed by atoms with Crippen molar-refractivity contribution in [2.45, 2.75) is 51.7 Å². The smallest absolute Gasteiger partial charge is 0.306 e. The Kier molecular flexibility index (Phi) is 4.74. The lowest BCUT2D eigenvalue weighted by Crippen LogP contribution is -2.48. The molecule has 16 heavy (non-hydrogen) atoms. The Balaban J connectivity index is 2.78. The van der Waals surface area contributed by atoms with Gasteiger partial charge in [-0.3, -0.25) is 4.79 Å². The summed E-state index contributed by atoms with van der Waals surface area (Å²) < 4.78 is 10.3. The van der Waals surface area contributed by atoms with E-state index in [2.05, 4.69) is 6.92 Å². The van der Waals surface area contributed by atoms with E-state index in [1.54, 1.807) is 0 Å². The maximum Gasteiger partial charge on any atom is 0.306 e. The lowest BCUT2D eigenvalue weighted by molar-refractivity contribution is -0.147. The minimum atomic E-state index is -0.169. The quantitative estimate of drug-likeness (QED) is 0.742. The summed E-state index contributed by atoms with van der Waals surface area (Å²) in [5.41, 5.74) is 6.05. The second-order valence-corrected chi connectivity index (χ2v) is 4.77. The van der Waals surface area contributed by atoms with Crippen molar-refractivity contribution in [3.8, 4) is 0 Å². The van der Waals surface area contributed by atoms with E-state index in [1.807, 2.05) is 6.92 Å². The molecule has 0 radical (unpaired) electrons. The zero-order chi connectivity index (χ0) is 12.2. The highest BCUT2D eigenvalue weighted by molar-refractivity contribution is 5.70. The highest BCUT2D eigenvalue weighted by Crippen LogP contribution is 2.40. The minimum absolute atomic E-state index is 0.0398. The molecule has 94 valence electrons. The molecule has 1 fully saturated rings. The predicted octanol–water partition coefficient (Wildman–Crippen LogP) is 1.47. The number of nitrogens with two attached hydrogens (primary N) is 1. The molecule has 0 amide bonds. The molecule has 0 bridgehead atoms. The fraction of sp³-hybridized carbons (Fsp3) is 0.917. The molecule has 0 spiro atoms. The first-order valence-electron chi connectivity index (χ1n) is 5.98. The Hall–Kier alpha value is -0.610. The molecular formula is C12H23NO3. The monoisotopic (exact) mass is 229 g/mol. The number of carbonyl (C=O) groups is 1. The van der Waals surface area contributed by atoms with Crippen molar-refractivity contribution in [1.82, 2.24) is 0 Å². The summed E-state index contributed by atoms with van der Waals surface area (Å²) in [6.07, 6.45) is 3.16. The Labute approximate surface area is 97.5 Å². The van der Waals surface area contributed by atoms with E-state index in [1.165, 1.54) is 7.11 Å². The molecule has 1 rings (SSSR count). The summed E-state index contributed by atoms with van der Waals surface area (Å²) >= 11 is 0. The van der Waals surface area contributed by atoms with Crippen LogP contribution in [0.3, 0.4) is 0 Å². The van der Waals surface area contributed by atoms with Gasteiger partial charge >= 0.3 is 5.97 Å². The van der Waals surface area contributed by atoms with Gasteiger partial charge in [0, 0.05) is 18.1 Å². The normalized spacial score (nSPS) is 32.1. The van der Waals surface area contributed by atoms with Crippen molar-refractivity contribution in [3.63, 3.8) is 0 Å². The van der Waals surface area contributed by atoms with E-state index < -0.39 is 0 Å². The lowest BCUT2D eigenvalue weighted by atomic mass is 9.69. The maximum absolute atomic E-state index is 11.5. The Morgan fingerprint density at radius 1 is 1.69 bits per heavy atom. The van der Waals surface area contributed by atoms with Gasteiger partial charge in [-0.05, 0) is 26.2 Å². The van der Waals surface area contributed by atoms with E-state index in [9.17, 15) is 4.79 Å². The zero-order valence-electron chi connectivity index (χ0n) is 10.5. The van der Waals surface area contributed by atoms with Gasteiger partial charge in [0.05, 0.1) is 19.6 Å². The van der Waals surface area contributed by atoms with Gasteiger partial charge in [-0.1, -0.05) is 6.92 Å². The summed E-state index contributed by atoms with van der Waals surface area (Å²) in [6.45, 7) is 4.78. The average Bonchev–Trinajstić information content (AvgIpc) is 2.27. The molecule has 3 atom stereocenters. The highest BCUT2D eigenvalue weighted by Gasteiger charge is 2.41. The first-order chi connectivity index (χ1) is 7.54. The number of ether oxygens (including phenoxy) is 2. The molecule has 4 nitrogen and oxygen atoms in total. The third kappa shape index (κ3) is 2.95. The second kappa shape index (κ2) is 5.64. The van der Waals surface area contributed by atoms with Crippen LogP contribution in [0.15, 0.2) is 0 Å². The van der Waals surface area contributed by atoms with Crippen LogP contribution in [0.4, 0.5) is 0 Å². The third-order valence-corrected chi connectivity index (χ3v) is 3.65. The van der Waals surface area contributed by atoms with Crippen molar-refractivity contribution in [3.05, 3.63) is 0 Å². The molecule has 0 aromatic rings. The van der Waals surface area contributed by atoms with Gasteiger partial charge in [-0.25, -0.2) is 0 Å². The van der Waals surface area contributed by atoms with Crippen LogP contribution in [0.1, 0.15) is 39.5 Å². The van der Waals surface area contributed by atoms with Gasteiger partial charge in [-0.15, -0.1) is 0 Å². The van der Waals surface area contributed by atoms with Gasteiger partial charge < -0.3 is 15.2 Å². The van der Waals surface area contributed by atoms with E-state index >= 15 is 0 Å². The fourth-order valence-electron chi connectivity index (χ4n) is 2.62. The average molecular weight is 229 g/mol. The standard InChI is InChI=1S/C12H23NO3/c1-4-10(13)12(8-11(14)15-3)5-6-16-9(2)7-12/h9-10H,4-8,13H2,1-3H3. The van der Waals surface area contributed by atoms with E-state index in [4.69, 9.17) is 15.2 Å². The molecule has 2 N–H and O–H groups in total. The number of methoxy groups -OCH3 is 1. The lowest BCUT2D eigenvalue weighted by Gasteiger charge is -2.43. The van der Waals surface area contributed by atoms with Gasteiger partial charge in [0.15, 0.2) is 0 Å². The van der Waals surface area contributed by atoms with E-state index in [-0.39, 0.29) is 23.5 Å². The summed E-state index contributed by atoms with van der Waals surface area (Å²) in [6, 6.07) is 0.0398. The molecule has 0 aliphatic carbocycles. The van der Waals surface area contributed by atoms with Crippen molar-refractivity contribution in [1.29, 1.82) is 0 Å². The first kappa shape index (κ1) is 13.5. The van der Waals surface area contributed by atoms with Crippen LogP contribution >= 0.6 is 0 Å². The van der Waals surface area contributed by atoms with Crippen LogP contribution in [0.25, 0.3) is 0 Å². The maximum atomic E-state index is 11.5. The van der Waals surface area contributed by atoms with Gasteiger partial charge in [0.1, 0.15) is 0 Å². The van der Waals surface area contributed by atoms with Crippen molar-refractivity contribution >= 4 is 5.97 Å². The zero-order valence-corrected chi connectivity index (χ0v) is 10.5. The second-order valence-electron chi connectivity index (χ2n) is 4.77. The molecule has 0 aromatic heterocycles. The van der Waals surface area contributed by atoms with E-state index in [0.29, 0.717) is 13.0 Å². The van der Waals surface area contributed by atoms with Crippen molar-refractivity contribution in [2.24, 2.45) is 11.1 Å². The molecule has 4 heteroatoms. The Morgan fingerprint density at radius 2 is 2.38 bits per heavy atom. The molecule has 1 saturated heterocycles. The van der Waals surface area contributed by atoms with E-state index in [0.717, 1.165) is 19.3 Å². The van der Waals surface area contributed by atoms with Crippen LogP contribution in [-0.2, 0) is 14.3 Å². The van der Waals surface area contributed by atoms with Crippen molar-refractivity contribution in [2.75, 3.05) is 13.7 Å². The van der Waals surface area contributed by atoms with Crippen LogP contribution in [0.5, 0.6) is 0 Å². The molecule has 1 aliphatic heterocycles. The number of hydrogen-bond acceptors (Lipinski definition) is 4. The van der Waals surface area contributed by atoms with Crippen LogP contribution in [-0.4, -0.2) is 31.8 Å². The SMILES string of the molecule is CCC(N)C1(CC(=O)OC)CCOC(C)C1. The molecule has 0 saturated carbocycles. The van der Waals surface area contributed by atoms with Crippen LogP contribution in [0.2, 0.25) is 0 Å². The molecule has 1 heterocycles. The first-order valence-corrected chi connectivity index (χ1v) is 5.98. The Bertz CT molecular complexity index is 244. The van der Waals surface area contributed by atoms with Gasteiger partial charge in [0.25, 0.3) is 0 Å². The molecular weight excluding hydrogens is 206 g/mol. The summed E-state index contributed by atoms with van der Waals surface area (Å²) in [4.78, 5) is 11.5. The fourth-order valence-corrected chi connectivity index (χ4v) is 2.62. The molecule has 3 unspecified atom stereocenters. The summed E-state index contributed by atoms with van der Waals surface area (Å²) in [5.74, 6) is -0.169. The third-order valence-electron chi connectivity index (χ3n) is 3.65. The predicted molar refractivity (Wildman–Crippen MR) is 62.0 cm³/mol. The van der Waals surface area contributed by atoms with Crippen LogP contribution < -0.4 is 5.73 Å². The highest BCUT2D eigenvalue weighted by atomic mass is 16.5. The van der Waals surface area contributed by atoms with Crippen LogP contribution in [0, 0.1) is 5.41 Å². The summed E-state index contributed by atoms with van der Waals surface area (Å²) in [7, 11) is 1.43. The number of rotatable bonds is 4. The minimum Gasteiger partial charge on any atom is -0.469 e. The Morgan fingerprint density at radius 3 is 2.88 bits per heavy atom. The topological polar surface area (TPSA) is 61.6 Å². The van der Waals surface area contributed by atoms with Gasteiger partial charge in [0.2, 0.25) is 0 Å². The molecule has 0 aromatic carbocycles. The van der Waals surface area contributed by atoms with Crippen molar-refractivity contribution < 1.29 is 14.3 Å². The largest absolute Gasteiger partial charge is 0.469 e. The molecule has 1 aliphatic rings.